The average molecular weight is 192 g/mol. The Hall–Kier alpha value is -0.330. The minimum absolute atomic E-state index is 0.0501. The van der Waals surface area contributed by atoms with Crippen molar-refractivity contribution in [1.29, 1.82) is 0 Å². The van der Waals surface area contributed by atoms with Crippen LogP contribution < -0.4 is 0 Å². The Morgan fingerprint density at radius 3 is 2.57 bits per heavy atom. The topological polar surface area (TPSA) is 0 Å². The van der Waals surface area contributed by atoms with E-state index < -0.39 is 0 Å². The molecule has 0 amide bonds. The molecule has 0 nitrogen and oxygen atoms in total. The van der Waals surface area contributed by atoms with E-state index in [-0.39, 0.29) is 6.67 Å². The van der Waals surface area contributed by atoms with Crippen LogP contribution >= 0.6 is 0 Å². The summed E-state index contributed by atoms with van der Waals surface area (Å²) in [5, 5.41) is 0. The molecule has 0 saturated heterocycles. The van der Waals surface area contributed by atoms with Crippen molar-refractivity contribution in [2.24, 2.45) is 41.4 Å². The number of allylic oxidation sites excluding steroid dienone is 2. The summed E-state index contributed by atoms with van der Waals surface area (Å²) in [5.41, 5.74) is 0. The maximum atomic E-state index is 12.8. The summed E-state index contributed by atoms with van der Waals surface area (Å²) in [6.45, 7) is -0.0501. The zero-order chi connectivity index (χ0) is 9.28. The van der Waals surface area contributed by atoms with Gasteiger partial charge in [-0.25, -0.2) is 0 Å². The van der Waals surface area contributed by atoms with E-state index in [1.807, 2.05) is 0 Å². The Bertz CT molecular complexity index is 296. The second kappa shape index (κ2) is 2.43. The number of hydrogen-bond donors (Lipinski definition) is 0. The van der Waals surface area contributed by atoms with Crippen LogP contribution in [0.25, 0.3) is 0 Å². The predicted octanol–water partition coefficient (Wildman–Crippen LogP) is 3.05. The molecule has 14 heavy (non-hydrogen) atoms. The van der Waals surface area contributed by atoms with Crippen LogP contribution in [0, 0.1) is 41.4 Å². The van der Waals surface area contributed by atoms with E-state index >= 15 is 0 Å². The molecule has 0 aromatic heterocycles. The lowest BCUT2D eigenvalue weighted by Crippen LogP contribution is -2.31. The third-order valence-corrected chi connectivity index (χ3v) is 5.61. The van der Waals surface area contributed by atoms with E-state index in [9.17, 15) is 4.39 Å². The predicted molar refractivity (Wildman–Crippen MR) is 53.4 cm³/mol. The van der Waals surface area contributed by atoms with Gasteiger partial charge in [0.25, 0.3) is 0 Å². The van der Waals surface area contributed by atoms with Crippen LogP contribution in [0.1, 0.15) is 19.3 Å². The summed E-state index contributed by atoms with van der Waals surface area (Å²) in [6.07, 6.45) is 8.86. The lowest BCUT2D eigenvalue weighted by Gasteiger charge is -2.35. The summed E-state index contributed by atoms with van der Waals surface area (Å²) in [4.78, 5) is 0. The second-order valence-electron chi connectivity index (χ2n) is 5.91. The maximum Gasteiger partial charge on any atom is 0.0925 e. The van der Waals surface area contributed by atoms with E-state index in [2.05, 4.69) is 12.2 Å². The summed E-state index contributed by atoms with van der Waals surface area (Å²) >= 11 is 0. The van der Waals surface area contributed by atoms with Gasteiger partial charge in [0.05, 0.1) is 6.67 Å². The lowest BCUT2D eigenvalue weighted by atomic mass is 9.70. The van der Waals surface area contributed by atoms with Crippen LogP contribution in [0.2, 0.25) is 0 Å². The Labute approximate surface area is 84.6 Å². The van der Waals surface area contributed by atoms with Gasteiger partial charge in [0.1, 0.15) is 0 Å². The van der Waals surface area contributed by atoms with Gasteiger partial charge in [-0.15, -0.1) is 0 Å². The number of hydrogen-bond acceptors (Lipinski definition) is 0. The zero-order valence-electron chi connectivity index (χ0n) is 8.40. The Morgan fingerprint density at radius 1 is 1.00 bits per heavy atom. The number of fused-ring (bicyclic) bond motifs is 9. The second-order valence-corrected chi connectivity index (χ2v) is 5.91. The summed E-state index contributed by atoms with van der Waals surface area (Å²) < 4.78 is 12.8. The smallest absolute Gasteiger partial charge is 0.0925 e. The highest BCUT2D eigenvalue weighted by molar-refractivity contribution is 5.20. The fraction of sp³-hybridized carbons (Fsp3) is 0.846. The summed E-state index contributed by atoms with van der Waals surface area (Å²) in [7, 11) is 0. The van der Waals surface area contributed by atoms with Gasteiger partial charge in [0, 0.05) is 0 Å². The van der Waals surface area contributed by atoms with Gasteiger partial charge in [-0.3, -0.25) is 4.39 Å². The number of rotatable bonds is 1. The Morgan fingerprint density at radius 2 is 1.79 bits per heavy atom. The minimum Gasteiger partial charge on any atom is -0.251 e. The zero-order valence-corrected chi connectivity index (χ0v) is 8.40. The average Bonchev–Trinajstić information content (AvgIpc) is 2.94. The van der Waals surface area contributed by atoms with Gasteiger partial charge >= 0.3 is 0 Å². The van der Waals surface area contributed by atoms with Crippen LogP contribution in [0.4, 0.5) is 4.39 Å². The minimum atomic E-state index is -0.0501. The summed E-state index contributed by atoms with van der Waals surface area (Å²) in [5.74, 6) is 5.69. The van der Waals surface area contributed by atoms with E-state index in [4.69, 9.17) is 0 Å². The first-order valence-electron chi connectivity index (χ1n) is 6.12. The molecule has 76 valence electrons. The van der Waals surface area contributed by atoms with Gasteiger partial charge in [-0.2, -0.15) is 0 Å². The highest BCUT2D eigenvalue weighted by Gasteiger charge is 2.60. The molecule has 0 aliphatic heterocycles. The first-order chi connectivity index (χ1) is 6.88. The third-order valence-electron chi connectivity index (χ3n) is 5.61. The van der Waals surface area contributed by atoms with E-state index in [1.54, 1.807) is 0 Å². The lowest BCUT2D eigenvalue weighted by molar-refractivity contribution is 0.130. The van der Waals surface area contributed by atoms with Crippen molar-refractivity contribution in [1.82, 2.24) is 0 Å². The van der Waals surface area contributed by atoms with Gasteiger partial charge < -0.3 is 0 Å². The van der Waals surface area contributed by atoms with Crippen LogP contribution in [0.3, 0.4) is 0 Å². The normalized spacial score (nSPS) is 62.5. The van der Waals surface area contributed by atoms with Gasteiger partial charge in [-0.1, -0.05) is 12.2 Å². The molecule has 3 fully saturated rings. The van der Waals surface area contributed by atoms with Crippen molar-refractivity contribution in [3.63, 3.8) is 0 Å². The monoisotopic (exact) mass is 192 g/mol. The highest BCUT2D eigenvalue weighted by Crippen LogP contribution is 2.66. The standard InChI is InChI=1S/C13H17F/c14-6-10-4-9-5-11(10)13-8-2-1-7(3-8)12(9)13/h1-2,7-13H,3-6H2/t7-,8+,9+,10-,11+,12?,13?/m0/s1. The van der Waals surface area contributed by atoms with Gasteiger partial charge in [0.15, 0.2) is 0 Å². The van der Waals surface area contributed by atoms with Crippen LogP contribution in [0.5, 0.6) is 0 Å². The van der Waals surface area contributed by atoms with Crippen LogP contribution in [0.15, 0.2) is 12.2 Å². The van der Waals surface area contributed by atoms with Crippen molar-refractivity contribution >= 4 is 0 Å². The quantitative estimate of drug-likeness (QED) is 0.442. The van der Waals surface area contributed by atoms with E-state index in [1.165, 1.54) is 19.3 Å². The molecule has 0 radical (unpaired) electrons. The molecule has 2 unspecified atom stereocenters. The molecular weight excluding hydrogens is 175 g/mol. The first kappa shape index (κ1) is 7.90. The van der Waals surface area contributed by atoms with Crippen molar-refractivity contribution in [2.75, 3.05) is 6.67 Å². The Balaban J connectivity index is 1.72. The summed E-state index contributed by atoms with van der Waals surface area (Å²) in [6, 6.07) is 0. The molecule has 4 rings (SSSR count). The number of alkyl halides is 1. The molecule has 0 heterocycles. The molecule has 0 aromatic carbocycles. The molecule has 4 aliphatic rings. The van der Waals surface area contributed by atoms with Gasteiger partial charge in [-0.05, 0) is 60.7 Å². The molecule has 3 saturated carbocycles. The van der Waals surface area contributed by atoms with Crippen LogP contribution in [-0.4, -0.2) is 6.67 Å². The molecule has 0 spiro atoms. The van der Waals surface area contributed by atoms with E-state index in [0.717, 1.165) is 35.5 Å². The largest absolute Gasteiger partial charge is 0.251 e. The number of halogens is 1. The molecule has 0 aromatic rings. The molecular formula is C13H17F. The Kier molecular flexibility index (Phi) is 1.37. The van der Waals surface area contributed by atoms with Crippen LogP contribution in [-0.2, 0) is 0 Å². The SMILES string of the molecule is FC[C@@H]1C[C@@H]2C[C@H]1C1C2[C@H]2C=C[C@@H]1C2. The van der Waals surface area contributed by atoms with Crippen molar-refractivity contribution in [3.8, 4) is 0 Å². The fourth-order valence-electron chi connectivity index (χ4n) is 5.33. The van der Waals surface area contributed by atoms with E-state index in [0.29, 0.717) is 5.92 Å². The van der Waals surface area contributed by atoms with Gasteiger partial charge in [0.2, 0.25) is 0 Å². The highest BCUT2D eigenvalue weighted by atomic mass is 19.1. The molecule has 7 atom stereocenters. The van der Waals surface area contributed by atoms with Crippen molar-refractivity contribution in [3.05, 3.63) is 12.2 Å². The molecule has 4 bridgehead atoms. The first-order valence-corrected chi connectivity index (χ1v) is 6.12. The van der Waals surface area contributed by atoms with Crippen molar-refractivity contribution in [2.45, 2.75) is 19.3 Å². The molecule has 0 N–H and O–H groups in total. The molecule has 4 aliphatic carbocycles. The third kappa shape index (κ3) is 0.730. The molecule has 1 heteroatoms. The maximum absolute atomic E-state index is 12.8. The fourth-order valence-corrected chi connectivity index (χ4v) is 5.33. The van der Waals surface area contributed by atoms with Crippen molar-refractivity contribution < 1.29 is 4.39 Å².